The molecule has 2 rings (SSSR count). The molecule has 21 heavy (non-hydrogen) atoms. The zero-order chi connectivity index (χ0) is 15.6. The molecule has 1 fully saturated rings. The third-order valence-corrected chi connectivity index (χ3v) is 4.83. The van der Waals surface area contributed by atoms with E-state index in [9.17, 15) is 8.78 Å². The van der Waals surface area contributed by atoms with Crippen LogP contribution in [0.4, 0.5) is 14.5 Å². The summed E-state index contributed by atoms with van der Waals surface area (Å²) in [7, 11) is 0. The van der Waals surface area contributed by atoms with Crippen molar-refractivity contribution in [2.45, 2.75) is 45.0 Å². The van der Waals surface area contributed by atoms with Crippen LogP contribution >= 0.6 is 11.8 Å². The standard InChI is InChI=1S/C16H24F2N2S/c1-11(2)19-9-12-7-13(17)15(14(18)8-12)20-5-6-21-16(3,4)10-20/h7-8,11,19H,5-6,9-10H2,1-4H3. The van der Waals surface area contributed by atoms with E-state index in [1.807, 2.05) is 30.5 Å². The summed E-state index contributed by atoms with van der Waals surface area (Å²) in [5.74, 6) is -0.0285. The highest BCUT2D eigenvalue weighted by molar-refractivity contribution is 8.00. The van der Waals surface area contributed by atoms with Crippen LogP contribution in [0.5, 0.6) is 0 Å². The van der Waals surface area contributed by atoms with E-state index in [0.717, 1.165) is 5.75 Å². The lowest BCUT2D eigenvalue weighted by atomic mass is 10.1. The summed E-state index contributed by atoms with van der Waals surface area (Å²) in [6.45, 7) is 10.1. The van der Waals surface area contributed by atoms with Crippen LogP contribution < -0.4 is 10.2 Å². The molecule has 0 aromatic heterocycles. The van der Waals surface area contributed by atoms with Gasteiger partial charge in [0.1, 0.15) is 17.3 Å². The molecule has 0 saturated carbocycles. The van der Waals surface area contributed by atoms with Gasteiger partial charge in [-0.3, -0.25) is 0 Å². The van der Waals surface area contributed by atoms with Gasteiger partial charge in [0.25, 0.3) is 0 Å². The predicted octanol–water partition coefficient (Wildman–Crippen LogP) is 3.79. The molecular weight excluding hydrogens is 290 g/mol. The van der Waals surface area contributed by atoms with Gasteiger partial charge in [-0.05, 0) is 31.5 Å². The van der Waals surface area contributed by atoms with Crippen molar-refractivity contribution in [1.29, 1.82) is 0 Å². The van der Waals surface area contributed by atoms with Gasteiger partial charge in [-0.1, -0.05) is 13.8 Å². The molecule has 0 amide bonds. The summed E-state index contributed by atoms with van der Waals surface area (Å²) in [4.78, 5) is 1.83. The largest absolute Gasteiger partial charge is 0.365 e. The molecule has 0 unspecified atom stereocenters. The van der Waals surface area contributed by atoms with Gasteiger partial charge in [-0.2, -0.15) is 11.8 Å². The van der Waals surface area contributed by atoms with Crippen LogP contribution in [0.3, 0.4) is 0 Å². The van der Waals surface area contributed by atoms with E-state index >= 15 is 0 Å². The first kappa shape index (κ1) is 16.6. The van der Waals surface area contributed by atoms with Crippen molar-refractivity contribution in [2.24, 2.45) is 0 Å². The molecule has 0 atom stereocenters. The highest BCUT2D eigenvalue weighted by Crippen LogP contribution is 2.34. The Labute approximate surface area is 130 Å². The van der Waals surface area contributed by atoms with Crippen LogP contribution in [0.2, 0.25) is 0 Å². The molecule has 2 nitrogen and oxygen atoms in total. The zero-order valence-electron chi connectivity index (χ0n) is 13.2. The number of thioether (sulfide) groups is 1. The summed E-state index contributed by atoms with van der Waals surface area (Å²) in [6.07, 6.45) is 0. The van der Waals surface area contributed by atoms with Crippen molar-refractivity contribution in [3.05, 3.63) is 29.3 Å². The third kappa shape index (κ3) is 4.33. The first-order chi connectivity index (χ1) is 9.78. The Kier molecular flexibility index (Phi) is 5.15. The van der Waals surface area contributed by atoms with Crippen LogP contribution in [-0.4, -0.2) is 29.6 Å². The van der Waals surface area contributed by atoms with Crippen molar-refractivity contribution >= 4 is 17.4 Å². The smallest absolute Gasteiger partial charge is 0.149 e. The van der Waals surface area contributed by atoms with Crippen LogP contribution in [-0.2, 0) is 6.54 Å². The van der Waals surface area contributed by atoms with E-state index < -0.39 is 11.6 Å². The summed E-state index contributed by atoms with van der Waals surface area (Å²) >= 11 is 1.85. The van der Waals surface area contributed by atoms with Crippen LogP contribution in [0, 0.1) is 11.6 Å². The second kappa shape index (κ2) is 6.53. The lowest BCUT2D eigenvalue weighted by Gasteiger charge is -2.39. The molecule has 1 heterocycles. The number of halogens is 2. The minimum absolute atomic E-state index is 0.0228. The Morgan fingerprint density at radius 1 is 1.29 bits per heavy atom. The average molecular weight is 314 g/mol. The summed E-state index contributed by atoms with van der Waals surface area (Å²) in [6, 6.07) is 3.18. The third-order valence-electron chi connectivity index (χ3n) is 3.53. The molecule has 1 N–H and O–H groups in total. The quantitative estimate of drug-likeness (QED) is 0.910. The van der Waals surface area contributed by atoms with E-state index in [0.29, 0.717) is 25.2 Å². The van der Waals surface area contributed by atoms with Gasteiger partial charge < -0.3 is 10.2 Å². The number of hydrogen-bond donors (Lipinski definition) is 1. The first-order valence-electron chi connectivity index (χ1n) is 7.39. The maximum absolute atomic E-state index is 14.4. The number of nitrogens with one attached hydrogen (secondary N) is 1. The maximum atomic E-state index is 14.4. The van der Waals surface area contributed by atoms with Crippen molar-refractivity contribution in [2.75, 3.05) is 23.7 Å². The fourth-order valence-corrected chi connectivity index (χ4v) is 3.66. The lowest BCUT2D eigenvalue weighted by molar-refractivity contribution is 0.545. The Morgan fingerprint density at radius 2 is 1.90 bits per heavy atom. The second-order valence-corrected chi connectivity index (χ2v) is 8.28. The van der Waals surface area contributed by atoms with E-state index in [-0.39, 0.29) is 16.5 Å². The van der Waals surface area contributed by atoms with Crippen LogP contribution in [0.15, 0.2) is 12.1 Å². The van der Waals surface area contributed by atoms with Crippen LogP contribution in [0.1, 0.15) is 33.3 Å². The van der Waals surface area contributed by atoms with E-state index in [1.54, 1.807) is 0 Å². The van der Waals surface area contributed by atoms with E-state index in [4.69, 9.17) is 0 Å². The van der Waals surface area contributed by atoms with Crippen molar-refractivity contribution in [1.82, 2.24) is 5.32 Å². The van der Waals surface area contributed by atoms with Gasteiger partial charge in [0.15, 0.2) is 0 Å². The molecule has 118 valence electrons. The van der Waals surface area contributed by atoms with Gasteiger partial charge in [-0.25, -0.2) is 8.78 Å². The van der Waals surface area contributed by atoms with E-state index in [1.165, 1.54) is 12.1 Å². The predicted molar refractivity (Wildman–Crippen MR) is 87.1 cm³/mol. The topological polar surface area (TPSA) is 15.3 Å². The highest BCUT2D eigenvalue weighted by atomic mass is 32.2. The molecule has 0 bridgehead atoms. The minimum Gasteiger partial charge on any atom is -0.365 e. The lowest BCUT2D eigenvalue weighted by Crippen LogP contribution is -2.44. The molecule has 1 aromatic carbocycles. The zero-order valence-corrected chi connectivity index (χ0v) is 14.0. The molecule has 1 saturated heterocycles. The first-order valence-corrected chi connectivity index (χ1v) is 8.37. The molecular formula is C16H24F2N2S. The van der Waals surface area contributed by atoms with Crippen molar-refractivity contribution in [3.63, 3.8) is 0 Å². The number of rotatable bonds is 4. The fourth-order valence-electron chi connectivity index (χ4n) is 2.55. The highest BCUT2D eigenvalue weighted by Gasteiger charge is 2.30. The number of benzene rings is 1. The fraction of sp³-hybridized carbons (Fsp3) is 0.625. The summed E-state index contributed by atoms with van der Waals surface area (Å²) in [5, 5.41) is 3.18. The van der Waals surface area contributed by atoms with E-state index in [2.05, 4.69) is 19.2 Å². The van der Waals surface area contributed by atoms with Gasteiger partial charge in [0.05, 0.1) is 0 Å². The SMILES string of the molecule is CC(C)NCc1cc(F)c(N2CCSC(C)(C)C2)c(F)c1. The van der Waals surface area contributed by atoms with Gasteiger partial charge >= 0.3 is 0 Å². The molecule has 5 heteroatoms. The minimum atomic E-state index is -0.460. The molecule has 1 aliphatic rings. The summed E-state index contributed by atoms with van der Waals surface area (Å²) in [5.41, 5.74) is 0.768. The number of anilines is 1. The molecule has 0 radical (unpaired) electrons. The molecule has 0 aliphatic carbocycles. The Hall–Kier alpha value is -0.810. The number of nitrogens with zero attached hydrogens (tertiary/aromatic N) is 1. The molecule has 1 aliphatic heterocycles. The second-order valence-electron chi connectivity index (χ2n) is 6.47. The average Bonchev–Trinajstić information content (AvgIpc) is 2.34. The van der Waals surface area contributed by atoms with Crippen LogP contribution in [0.25, 0.3) is 0 Å². The molecule has 1 aromatic rings. The Morgan fingerprint density at radius 3 is 2.43 bits per heavy atom. The Bertz CT molecular complexity index is 480. The normalized spacial score (nSPS) is 18.3. The molecule has 0 spiro atoms. The van der Waals surface area contributed by atoms with Crippen molar-refractivity contribution in [3.8, 4) is 0 Å². The summed E-state index contributed by atoms with van der Waals surface area (Å²) < 4.78 is 28.7. The van der Waals surface area contributed by atoms with Gasteiger partial charge in [0.2, 0.25) is 0 Å². The maximum Gasteiger partial charge on any atom is 0.149 e. The monoisotopic (exact) mass is 314 g/mol. The number of hydrogen-bond acceptors (Lipinski definition) is 3. The van der Waals surface area contributed by atoms with Gasteiger partial charge in [-0.15, -0.1) is 0 Å². The Balaban J connectivity index is 2.20. The van der Waals surface area contributed by atoms with Crippen molar-refractivity contribution < 1.29 is 8.78 Å². The van der Waals surface area contributed by atoms with Gasteiger partial charge in [0, 0.05) is 36.2 Å².